The van der Waals surface area contributed by atoms with Crippen LogP contribution in [0.1, 0.15) is 31.9 Å². The molecule has 120 valence electrons. The van der Waals surface area contributed by atoms with E-state index in [0.29, 0.717) is 11.3 Å². The summed E-state index contributed by atoms with van der Waals surface area (Å²) in [7, 11) is 0. The molecule has 0 saturated carbocycles. The Balaban J connectivity index is 2.64. The standard InChI is InChI=1S/C14H19F4NOS/c1-3-6-19-10(2)12-9-11(15)4-5-13(12)20-7-8-21-14(16,17)18/h4-5,9-10,19H,3,6-8H2,1-2H3. The largest absolute Gasteiger partial charge is 0.492 e. The molecule has 1 unspecified atom stereocenters. The number of alkyl halides is 3. The average Bonchev–Trinajstić information content (AvgIpc) is 2.41. The van der Waals surface area contributed by atoms with E-state index in [4.69, 9.17) is 4.74 Å². The Bertz CT molecular complexity index is 439. The summed E-state index contributed by atoms with van der Waals surface area (Å²) >= 11 is -0.131. The first kappa shape index (κ1) is 18.1. The van der Waals surface area contributed by atoms with Gasteiger partial charge in [-0.15, -0.1) is 0 Å². The van der Waals surface area contributed by atoms with Crippen molar-refractivity contribution in [2.24, 2.45) is 0 Å². The number of hydrogen-bond acceptors (Lipinski definition) is 3. The van der Waals surface area contributed by atoms with Crippen molar-refractivity contribution in [3.05, 3.63) is 29.6 Å². The Labute approximate surface area is 126 Å². The molecule has 1 atom stereocenters. The number of rotatable bonds is 8. The topological polar surface area (TPSA) is 21.3 Å². The summed E-state index contributed by atoms with van der Waals surface area (Å²) in [6, 6.07) is 3.90. The van der Waals surface area contributed by atoms with E-state index in [9.17, 15) is 17.6 Å². The minimum Gasteiger partial charge on any atom is -0.492 e. The molecule has 0 amide bonds. The lowest BCUT2D eigenvalue weighted by molar-refractivity contribution is -0.0329. The summed E-state index contributed by atoms with van der Waals surface area (Å²) in [5, 5.41) is 3.20. The first-order valence-corrected chi connectivity index (χ1v) is 7.68. The average molecular weight is 325 g/mol. The van der Waals surface area contributed by atoms with E-state index in [2.05, 4.69) is 5.32 Å². The van der Waals surface area contributed by atoms with Crippen LogP contribution in [0.25, 0.3) is 0 Å². The Morgan fingerprint density at radius 1 is 1.33 bits per heavy atom. The van der Waals surface area contributed by atoms with E-state index in [-0.39, 0.29) is 30.2 Å². The molecule has 0 radical (unpaired) electrons. The second kappa shape index (κ2) is 8.48. The van der Waals surface area contributed by atoms with E-state index >= 15 is 0 Å². The van der Waals surface area contributed by atoms with Gasteiger partial charge in [-0.2, -0.15) is 13.2 Å². The zero-order valence-corrected chi connectivity index (χ0v) is 12.8. The number of benzene rings is 1. The van der Waals surface area contributed by atoms with Crippen LogP contribution in [0.3, 0.4) is 0 Å². The van der Waals surface area contributed by atoms with Crippen molar-refractivity contribution in [3.8, 4) is 5.75 Å². The second-order valence-corrected chi connectivity index (χ2v) is 5.66. The Kier molecular flexibility index (Phi) is 7.31. The monoisotopic (exact) mass is 325 g/mol. The van der Waals surface area contributed by atoms with Crippen LogP contribution >= 0.6 is 11.8 Å². The van der Waals surface area contributed by atoms with E-state index < -0.39 is 11.3 Å². The maximum absolute atomic E-state index is 13.3. The van der Waals surface area contributed by atoms with E-state index in [1.807, 2.05) is 13.8 Å². The van der Waals surface area contributed by atoms with Gasteiger partial charge in [0.2, 0.25) is 0 Å². The van der Waals surface area contributed by atoms with E-state index in [1.165, 1.54) is 18.2 Å². The van der Waals surface area contributed by atoms with Crippen molar-refractivity contribution in [3.63, 3.8) is 0 Å². The first-order valence-electron chi connectivity index (χ1n) is 6.69. The normalized spacial score (nSPS) is 13.2. The van der Waals surface area contributed by atoms with Crippen molar-refractivity contribution in [2.45, 2.75) is 31.8 Å². The van der Waals surface area contributed by atoms with Gasteiger partial charge in [0.1, 0.15) is 11.6 Å². The fourth-order valence-corrected chi connectivity index (χ4v) is 2.17. The molecule has 0 spiro atoms. The van der Waals surface area contributed by atoms with Crippen molar-refractivity contribution in [2.75, 3.05) is 18.9 Å². The van der Waals surface area contributed by atoms with Crippen LogP contribution in [0.4, 0.5) is 17.6 Å². The molecular weight excluding hydrogens is 306 g/mol. The summed E-state index contributed by atoms with van der Waals surface area (Å²) in [5.74, 6) is -0.181. The fraction of sp³-hybridized carbons (Fsp3) is 0.571. The lowest BCUT2D eigenvalue weighted by atomic mass is 10.1. The highest BCUT2D eigenvalue weighted by Crippen LogP contribution is 2.30. The Hall–Kier alpha value is -0.950. The van der Waals surface area contributed by atoms with Crippen LogP contribution in [0.2, 0.25) is 0 Å². The molecule has 0 heterocycles. The number of ether oxygens (including phenoxy) is 1. The van der Waals surface area contributed by atoms with Crippen molar-refractivity contribution in [1.82, 2.24) is 5.32 Å². The molecule has 0 aliphatic rings. The van der Waals surface area contributed by atoms with Gasteiger partial charge in [0.05, 0.1) is 6.61 Å². The molecule has 0 aliphatic heterocycles. The molecule has 0 bridgehead atoms. The maximum Gasteiger partial charge on any atom is 0.441 e. The highest BCUT2D eigenvalue weighted by molar-refractivity contribution is 8.00. The lowest BCUT2D eigenvalue weighted by Gasteiger charge is -2.18. The van der Waals surface area contributed by atoms with Gasteiger partial charge >= 0.3 is 5.51 Å². The van der Waals surface area contributed by atoms with Crippen LogP contribution in [0, 0.1) is 5.82 Å². The second-order valence-electron chi connectivity index (χ2n) is 4.50. The number of halogens is 4. The minimum atomic E-state index is -4.26. The van der Waals surface area contributed by atoms with Gasteiger partial charge in [-0.25, -0.2) is 4.39 Å². The van der Waals surface area contributed by atoms with Crippen LogP contribution in [-0.4, -0.2) is 24.4 Å². The quantitative estimate of drug-likeness (QED) is 0.561. The molecule has 2 nitrogen and oxygen atoms in total. The minimum absolute atomic E-state index is 0.0801. The zero-order chi connectivity index (χ0) is 15.9. The third-order valence-electron chi connectivity index (χ3n) is 2.75. The van der Waals surface area contributed by atoms with Crippen LogP contribution in [-0.2, 0) is 0 Å². The lowest BCUT2D eigenvalue weighted by Crippen LogP contribution is -2.20. The molecule has 1 N–H and O–H groups in total. The number of hydrogen-bond donors (Lipinski definition) is 1. The Morgan fingerprint density at radius 3 is 2.67 bits per heavy atom. The van der Waals surface area contributed by atoms with Crippen LogP contribution in [0.15, 0.2) is 18.2 Å². The SMILES string of the molecule is CCCNC(C)c1cc(F)ccc1OCCSC(F)(F)F. The molecule has 0 fully saturated rings. The molecule has 7 heteroatoms. The molecule has 0 saturated heterocycles. The van der Waals surface area contributed by atoms with Crippen molar-refractivity contribution in [1.29, 1.82) is 0 Å². The van der Waals surface area contributed by atoms with Gasteiger partial charge in [-0.05, 0) is 49.9 Å². The van der Waals surface area contributed by atoms with Crippen molar-refractivity contribution < 1.29 is 22.3 Å². The number of nitrogens with one attached hydrogen (secondary N) is 1. The summed E-state index contributed by atoms with van der Waals surface area (Å²) in [5.41, 5.74) is -3.65. The molecule has 0 aliphatic carbocycles. The summed E-state index contributed by atoms with van der Waals surface area (Å²) < 4.78 is 54.8. The fourth-order valence-electron chi connectivity index (χ4n) is 1.77. The molecule has 21 heavy (non-hydrogen) atoms. The van der Waals surface area contributed by atoms with Crippen LogP contribution in [0.5, 0.6) is 5.75 Å². The van der Waals surface area contributed by atoms with Crippen LogP contribution < -0.4 is 10.1 Å². The first-order chi connectivity index (χ1) is 9.83. The van der Waals surface area contributed by atoms with Gasteiger partial charge < -0.3 is 10.1 Å². The van der Waals surface area contributed by atoms with E-state index in [0.717, 1.165) is 13.0 Å². The highest BCUT2D eigenvalue weighted by atomic mass is 32.2. The van der Waals surface area contributed by atoms with Gasteiger partial charge in [0.15, 0.2) is 0 Å². The van der Waals surface area contributed by atoms with E-state index in [1.54, 1.807) is 0 Å². The summed E-state index contributed by atoms with van der Waals surface area (Å²) in [4.78, 5) is 0. The Morgan fingerprint density at radius 2 is 2.05 bits per heavy atom. The van der Waals surface area contributed by atoms with Gasteiger partial charge in [0, 0.05) is 17.4 Å². The van der Waals surface area contributed by atoms with Crippen molar-refractivity contribution >= 4 is 11.8 Å². The third kappa shape index (κ3) is 7.04. The summed E-state index contributed by atoms with van der Waals surface area (Å²) in [6.45, 7) is 4.56. The zero-order valence-electron chi connectivity index (χ0n) is 12.0. The molecule has 1 rings (SSSR count). The number of thioether (sulfide) groups is 1. The smallest absolute Gasteiger partial charge is 0.441 e. The molecular formula is C14H19F4NOS. The molecule has 1 aromatic rings. The third-order valence-corrected chi connectivity index (χ3v) is 3.44. The van der Waals surface area contributed by atoms with Gasteiger partial charge in [-0.3, -0.25) is 0 Å². The van der Waals surface area contributed by atoms with Gasteiger partial charge in [-0.1, -0.05) is 6.92 Å². The summed E-state index contributed by atoms with van der Waals surface area (Å²) in [6.07, 6.45) is 0.929. The predicted molar refractivity (Wildman–Crippen MR) is 77.1 cm³/mol. The predicted octanol–water partition coefficient (Wildman–Crippen LogP) is 4.52. The molecule has 1 aromatic carbocycles. The highest BCUT2D eigenvalue weighted by Gasteiger charge is 2.27. The molecule has 0 aromatic heterocycles. The van der Waals surface area contributed by atoms with Gasteiger partial charge in [0.25, 0.3) is 0 Å². The maximum atomic E-state index is 13.3.